The summed E-state index contributed by atoms with van der Waals surface area (Å²) < 4.78 is 41.2. The lowest BCUT2D eigenvalue weighted by Gasteiger charge is -2.28. The molecule has 5 nitrogen and oxygen atoms in total. The van der Waals surface area contributed by atoms with Crippen molar-refractivity contribution in [2.45, 2.75) is 20.0 Å². The van der Waals surface area contributed by atoms with Crippen LogP contribution in [0.15, 0.2) is 65.1 Å². The predicted octanol–water partition coefficient (Wildman–Crippen LogP) is 6.09. The fraction of sp³-hybridized carbons (Fsp3) is 0.280. The Morgan fingerprint density at radius 1 is 0.912 bits per heavy atom. The average Bonchev–Trinajstić information content (AvgIpc) is 2.81. The van der Waals surface area contributed by atoms with E-state index in [9.17, 15) is 22.8 Å². The van der Waals surface area contributed by atoms with E-state index >= 15 is 0 Å². The fourth-order valence-electron chi connectivity index (χ4n) is 3.72. The molecule has 0 aliphatic rings. The maximum Gasteiger partial charge on any atom is 0.471 e. The van der Waals surface area contributed by atoms with Crippen molar-refractivity contribution in [2.75, 3.05) is 36.4 Å². The molecule has 0 spiro atoms. The number of amides is 2. The molecule has 9 heteroatoms. The molecule has 0 radical (unpaired) electrons. The molecule has 0 atom stereocenters. The highest BCUT2D eigenvalue weighted by Gasteiger charge is 2.43. The molecule has 0 saturated heterocycles. The Bertz CT molecular complexity index is 1180. The quantitative estimate of drug-likeness (QED) is 0.379. The zero-order valence-electron chi connectivity index (χ0n) is 18.8. The van der Waals surface area contributed by atoms with Gasteiger partial charge >= 0.3 is 12.1 Å². The van der Waals surface area contributed by atoms with Crippen LogP contribution in [0.4, 0.5) is 24.5 Å². The van der Waals surface area contributed by atoms with Gasteiger partial charge in [-0.15, -0.1) is 0 Å². The molecule has 180 valence electrons. The van der Waals surface area contributed by atoms with E-state index in [1.54, 1.807) is 48.5 Å². The standard InChI is InChI=1S/C25H25BrF3N3O2/c1-3-31(4-2)14-15-32(24(34)25(27,28)29)22-13-12-21(19-10-5-6-11-20(19)22)30-23(33)17-8-7-9-18(26)16-17/h5-13,16H,3-4,14-15H2,1-2H3,(H,30,33). The van der Waals surface area contributed by atoms with E-state index in [4.69, 9.17) is 0 Å². The van der Waals surface area contributed by atoms with Crippen LogP contribution in [0.3, 0.4) is 0 Å². The lowest BCUT2D eigenvalue weighted by atomic mass is 10.0. The third-order valence-electron chi connectivity index (χ3n) is 5.55. The van der Waals surface area contributed by atoms with Crippen LogP contribution >= 0.6 is 15.9 Å². The summed E-state index contributed by atoms with van der Waals surface area (Å²) in [5, 5.41) is 3.80. The Hall–Kier alpha value is -2.91. The Balaban J connectivity index is 2.02. The van der Waals surface area contributed by atoms with Gasteiger partial charge < -0.3 is 15.1 Å². The summed E-state index contributed by atoms with van der Waals surface area (Å²) in [6.07, 6.45) is -5.02. The third-order valence-corrected chi connectivity index (χ3v) is 6.04. The van der Waals surface area contributed by atoms with E-state index in [1.165, 1.54) is 12.1 Å². The first-order valence-corrected chi connectivity index (χ1v) is 11.6. The van der Waals surface area contributed by atoms with Crippen molar-refractivity contribution in [2.24, 2.45) is 0 Å². The van der Waals surface area contributed by atoms with Gasteiger partial charge in [0.25, 0.3) is 5.91 Å². The molecular formula is C25H25BrF3N3O2. The fourth-order valence-corrected chi connectivity index (χ4v) is 4.12. The topological polar surface area (TPSA) is 52.6 Å². The lowest BCUT2D eigenvalue weighted by Crippen LogP contribution is -2.45. The molecule has 0 aliphatic heterocycles. The van der Waals surface area contributed by atoms with Gasteiger partial charge in [-0.1, -0.05) is 60.1 Å². The van der Waals surface area contributed by atoms with E-state index < -0.39 is 12.1 Å². The highest BCUT2D eigenvalue weighted by atomic mass is 79.9. The van der Waals surface area contributed by atoms with E-state index in [0.717, 1.165) is 9.37 Å². The van der Waals surface area contributed by atoms with Gasteiger partial charge in [0.2, 0.25) is 0 Å². The largest absolute Gasteiger partial charge is 0.471 e. The molecule has 0 aliphatic carbocycles. The Kier molecular flexibility index (Phi) is 8.33. The third kappa shape index (κ3) is 5.95. The average molecular weight is 536 g/mol. The lowest BCUT2D eigenvalue weighted by molar-refractivity contribution is -0.170. The van der Waals surface area contributed by atoms with Crippen molar-refractivity contribution < 1.29 is 22.8 Å². The van der Waals surface area contributed by atoms with Crippen LogP contribution in [0.2, 0.25) is 0 Å². The number of benzene rings is 3. The van der Waals surface area contributed by atoms with Crippen LogP contribution in [0.5, 0.6) is 0 Å². The Morgan fingerprint density at radius 2 is 1.59 bits per heavy atom. The molecule has 3 aromatic carbocycles. The number of nitrogens with one attached hydrogen (secondary N) is 1. The van der Waals surface area contributed by atoms with Gasteiger partial charge in [0, 0.05) is 39.6 Å². The summed E-state index contributed by atoms with van der Waals surface area (Å²) in [5.41, 5.74) is 1.01. The van der Waals surface area contributed by atoms with E-state index in [-0.39, 0.29) is 18.1 Å². The minimum absolute atomic E-state index is 0.117. The smallest absolute Gasteiger partial charge is 0.321 e. The summed E-state index contributed by atoms with van der Waals surface area (Å²) in [6.45, 7) is 5.32. The van der Waals surface area contributed by atoms with Gasteiger partial charge in [0.15, 0.2) is 0 Å². The van der Waals surface area contributed by atoms with E-state index in [1.807, 2.05) is 18.7 Å². The van der Waals surface area contributed by atoms with Crippen molar-refractivity contribution in [1.29, 1.82) is 0 Å². The van der Waals surface area contributed by atoms with Crippen LogP contribution in [0, 0.1) is 0 Å². The molecule has 34 heavy (non-hydrogen) atoms. The molecule has 3 rings (SSSR count). The SMILES string of the molecule is CCN(CC)CCN(C(=O)C(F)(F)F)c1ccc(NC(=O)c2cccc(Br)c2)c2ccccc12. The van der Waals surface area contributed by atoms with Gasteiger partial charge in [0.1, 0.15) is 0 Å². The summed E-state index contributed by atoms with van der Waals surface area (Å²) in [5.74, 6) is -2.28. The van der Waals surface area contributed by atoms with Crippen molar-refractivity contribution >= 4 is 49.9 Å². The first-order valence-electron chi connectivity index (χ1n) is 10.8. The summed E-state index contributed by atoms with van der Waals surface area (Å²) in [6, 6.07) is 16.6. The first-order chi connectivity index (χ1) is 16.2. The summed E-state index contributed by atoms with van der Waals surface area (Å²) >= 11 is 3.33. The minimum Gasteiger partial charge on any atom is -0.321 e. The summed E-state index contributed by atoms with van der Waals surface area (Å²) in [7, 11) is 0. The maximum absolute atomic E-state index is 13.5. The number of likely N-dealkylation sites (N-methyl/N-ethyl adjacent to an activating group) is 1. The first kappa shape index (κ1) is 25.7. The van der Waals surface area contributed by atoms with Gasteiger partial charge in [-0.2, -0.15) is 13.2 Å². The number of hydrogen-bond acceptors (Lipinski definition) is 3. The van der Waals surface area contributed by atoms with Crippen molar-refractivity contribution in [3.8, 4) is 0 Å². The van der Waals surface area contributed by atoms with Gasteiger partial charge in [-0.25, -0.2) is 0 Å². The second-order valence-corrected chi connectivity index (χ2v) is 8.54. The Morgan fingerprint density at radius 3 is 2.21 bits per heavy atom. The number of carbonyl (C=O) groups excluding carboxylic acids is 2. The van der Waals surface area contributed by atoms with Crippen LogP contribution in [0.1, 0.15) is 24.2 Å². The molecule has 0 aromatic heterocycles. The minimum atomic E-state index is -5.02. The number of nitrogens with zero attached hydrogens (tertiary/aromatic N) is 2. The number of anilines is 2. The normalized spacial score (nSPS) is 11.6. The van der Waals surface area contributed by atoms with Gasteiger partial charge in [-0.05, 0) is 43.4 Å². The number of carbonyl (C=O) groups is 2. The number of fused-ring (bicyclic) bond motifs is 1. The van der Waals surface area contributed by atoms with E-state index in [2.05, 4.69) is 21.2 Å². The van der Waals surface area contributed by atoms with Gasteiger partial charge in [-0.3, -0.25) is 9.59 Å². The molecular weight excluding hydrogens is 511 g/mol. The second-order valence-electron chi connectivity index (χ2n) is 7.62. The van der Waals surface area contributed by atoms with Crippen molar-refractivity contribution in [1.82, 2.24) is 4.90 Å². The highest BCUT2D eigenvalue weighted by molar-refractivity contribution is 9.10. The number of alkyl halides is 3. The molecule has 0 saturated carbocycles. The molecule has 2 amide bonds. The molecule has 0 heterocycles. The van der Waals surface area contributed by atoms with Crippen LogP contribution in [-0.2, 0) is 4.79 Å². The zero-order valence-corrected chi connectivity index (χ0v) is 20.4. The number of hydrogen-bond donors (Lipinski definition) is 1. The highest BCUT2D eigenvalue weighted by Crippen LogP contribution is 2.34. The van der Waals surface area contributed by atoms with Crippen LogP contribution in [0.25, 0.3) is 10.8 Å². The molecule has 3 aromatic rings. The summed E-state index contributed by atoms with van der Waals surface area (Å²) in [4.78, 5) is 27.9. The molecule has 1 N–H and O–H groups in total. The Labute approximate surface area is 204 Å². The van der Waals surface area contributed by atoms with Crippen LogP contribution in [-0.4, -0.2) is 49.1 Å². The zero-order chi connectivity index (χ0) is 24.9. The van der Waals surface area contributed by atoms with Crippen molar-refractivity contribution in [3.63, 3.8) is 0 Å². The van der Waals surface area contributed by atoms with E-state index in [0.29, 0.717) is 41.7 Å². The van der Waals surface area contributed by atoms with Gasteiger partial charge in [0.05, 0.1) is 5.69 Å². The second kappa shape index (κ2) is 11.0. The number of rotatable bonds is 8. The van der Waals surface area contributed by atoms with Crippen molar-refractivity contribution in [3.05, 3.63) is 70.7 Å². The molecule has 0 fully saturated rings. The number of halogens is 4. The predicted molar refractivity (Wildman–Crippen MR) is 132 cm³/mol. The van der Waals surface area contributed by atoms with Crippen LogP contribution < -0.4 is 10.2 Å². The molecule has 0 bridgehead atoms. The maximum atomic E-state index is 13.5. The molecule has 0 unspecified atom stereocenters. The monoisotopic (exact) mass is 535 g/mol.